The summed E-state index contributed by atoms with van der Waals surface area (Å²) in [5, 5.41) is 19.3. The summed E-state index contributed by atoms with van der Waals surface area (Å²) in [6.45, 7) is 0.324. The molecule has 0 aromatic heterocycles. The molecule has 0 radical (unpaired) electrons. The molecule has 2 rings (SSSR count). The summed E-state index contributed by atoms with van der Waals surface area (Å²) in [6, 6.07) is 2.90. The van der Waals surface area contributed by atoms with Gasteiger partial charge in [-0.1, -0.05) is 27.5 Å². The third-order valence-corrected chi connectivity index (χ3v) is 4.09. The average Bonchev–Trinajstić information content (AvgIpc) is 2.34. The zero-order valence-electron chi connectivity index (χ0n) is 9.87. The number of aliphatic hydroxyl groups is 1. The van der Waals surface area contributed by atoms with E-state index in [-0.39, 0.29) is 36.5 Å². The molecule has 4 nitrogen and oxygen atoms in total. The molecule has 0 unspecified atom stereocenters. The molecule has 104 valence electrons. The summed E-state index contributed by atoms with van der Waals surface area (Å²) in [7, 11) is 0. The molecule has 19 heavy (non-hydrogen) atoms. The van der Waals surface area contributed by atoms with Crippen LogP contribution < -0.4 is 0 Å². The average molecular weight is 353 g/mol. The minimum Gasteiger partial charge on any atom is -0.465 e. The Morgan fingerprint density at radius 1 is 1.42 bits per heavy atom. The van der Waals surface area contributed by atoms with Gasteiger partial charge in [0.05, 0.1) is 10.6 Å². The second-order valence-corrected chi connectivity index (χ2v) is 5.87. The summed E-state index contributed by atoms with van der Waals surface area (Å²) in [6.07, 6.45) is -0.749. The summed E-state index contributed by atoms with van der Waals surface area (Å²) in [5.41, 5.74) is -1.28. The van der Waals surface area contributed by atoms with Crippen LogP contribution in [0.3, 0.4) is 0 Å². The highest BCUT2D eigenvalue weighted by atomic mass is 79.9. The van der Waals surface area contributed by atoms with Gasteiger partial charge in [-0.15, -0.1) is 0 Å². The molecule has 0 atom stereocenters. The second kappa shape index (κ2) is 5.26. The monoisotopic (exact) mass is 351 g/mol. The van der Waals surface area contributed by atoms with Crippen molar-refractivity contribution in [1.29, 1.82) is 0 Å². The minimum absolute atomic E-state index is 0.0709. The van der Waals surface area contributed by atoms with Crippen molar-refractivity contribution in [2.24, 2.45) is 0 Å². The molecule has 0 spiro atoms. The van der Waals surface area contributed by atoms with Crippen molar-refractivity contribution in [2.45, 2.75) is 18.4 Å². The largest absolute Gasteiger partial charge is 0.465 e. The van der Waals surface area contributed by atoms with Crippen LogP contribution in [0.5, 0.6) is 0 Å². The zero-order chi connectivity index (χ0) is 14.2. The van der Waals surface area contributed by atoms with Crippen molar-refractivity contribution >= 4 is 33.6 Å². The van der Waals surface area contributed by atoms with Gasteiger partial charge in [0.2, 0.25) is 0 Å². The maximum absolute atomic E-state index is 14.0. The lowest BCUT2D eigenvalue weighted by Gasteiger charge is -2.37. The SMILES string of the molecule is O=C(O)N1CCC(O)(c2cc(Br)cc(Cl)c2F)CC1. The van der Waals surface area contributed by atoms with E-state index >= 15 is 0 Å². The lowest BCUT2D eigenvalue weighted by Crippen LogP contribution is -2.45. The number of halogens is 3. The summed E-state index contributed by atoms with van der Waals surface area (Å²) >= 11 is 8.97. The third kappa shape index (κ3) is 2.85. The Hall–Kier alpha value is -0.850. The number of rotatable bonds is 1. The number of piperidine rings is 1. The number of nitrogens with zero attached hydrogens (tertiary/aromatic N) is 1. The van der Waals surface area contributed by atoms with Crippen molar-refractivity contribution in [2.75, 3.05) is 13.1 Å². The first-order valence-electron chi connectivity index (χ1n) is 5.69. The van der Waals surface area contributed by atoms with Gasteiger partial charge in [0.1, 0.15) is 5.82 Å². The van der Waals surface area contributed by atoms with Gasteiger partial charge in [0.25, 0.3) is 0 Å². The normalized spacial score (nSPS) is 18.4. The van der Waals surface area contributed by atoms with Crippen LogP contribution in [0.25, 0.3) is 0 Å². The van der Waals surface area contributed by atoms with Gasteiger partial charge in [-0.2, -0.15) is 0 Å². The number of likely N-dealkylation sites (tertiary alicyclic amines) is 1. The van der Waals surface area contributed by atoms with Gasteiger partial charge in [-0.3, -0.25) is 0 Å². The standard InChI is InChI=1S/C12H12BrClFNO3/c13-7-5-8(10(15)9(14)6-7)12(19)1-3-16(4-2-12)11(17)18/h5-6,19H,1-4H2,(H,17,18). The van der Waals surface area contributed by atoms with Gasteiger partial charge in [0, 0.05) is 23.1 Å². The first-order chi connectivity index (χ1) is 8.83. The molecule has 0 bridgehead atoms. The first-order valence-corrected chi connectivity index (χ1v) is 6.86. The highest BCUT2D eigenvalue weighted by molar-refractivity contribution is 9.10. The molecule has 1 heterocycles. The molecule has 1 amide bonds. The first kappa shape index (κ1) is 14.6. The second-order valence-electron chi connectivity index (χ2n) is 4.55. The van der Waals surface area contributed by atoms with Crippen molar-refractivity contribution in [1.82, 2.24) is 4.90 Å². The quantitative estimate of drug-likeness (QED) is 0.763. The Labute approximate surface area is 122 Å². The minimum atomic E-state index is -1.39. The van der Waals surface area contributed by atoms with Crippen molar-refractivity contribution < 1.29 is 19.4 Å². The third-order valence-electron chi connectivity index (χ3n) is 3.36. The Morgan fingerprint density at radius 3 is 2.53 bits per heavy atom. The topological polar surface area (TPSA) is 60.8 Å². The zero-order valence-corrected chi connectivity index (χ0v) is 12.2. The van der Waals surface area contributed by atoms with Gasteiger partial charge < -0.3 is 15.1 Å². The number of hydrogen-bond acceptors (Lipinski definition) is 2. The summed E-state index contributed by atoms with van der Waals surface area (Å²) in [4.78, 5) is 12.0. The molecule has 1 fully saturated rings. The van der Waals surface area contributed by atoms with Crippen LogP contribution in [0.15, 0.2) is 16.6 Å². The van der Waals surface area contributed by atoms with Crippen LogP contribution in [0.2, 0.25) is 5.02 Å². The predicted octanol–water partition coefficient (Wildman–Crippen LogP) is 3.20. The fourth-order valence-electron chi connectivity index (χ4n) is 2.23. The molecule has 7 heteroatoms. The van der Waals surface area contributed by atoms with Gasteiger partial charge in [0.15, 0.2) is 0 Å². The summed E-state index contributed by atoms with van der Waals surface area (Å²) < 4.78 is 14.6. The lowest BCUT2D eigenvalue weighted by atomic mass is 9.84. The fourth-order valence-corrected chi connectivity index (χ4v) is 3.04. The highest BCUT2D eigenvalue weighted by Gasteiger charge is 2.38. The van der Waals surface area contributed by atoms with Crippen LogP contribution in [-0.2, 0) is 5.60 Å². The molecular formula is C12H12BrClFNO3. The van der Waals surface area contributed by atoms with Crippen LogP contribution in [0.1, 0.15) is 18.4 Å². The molecule has 1 aliphatic heterocycles. The molecule has 1 saturated heterocycles. The van der Waals surface area contributed by atoms with E-state index in [9.17, 15) is 14.3 Å². The molecule has 0 aliphatic carbocycles. The van der Waals surface area contributed by atoms with Gasteiger partial charge >= 0.3 is 6.09 Å². The van der Waals surface area contributed by atoms with Gasteiger partial charge in [-0.05, 0) is 25.0 Å². The Balaban J connectivity index is 2.30. The van der Waals surface area contributed by atoms with E-state index in [1.54, 1.807) is 0 Å². The Morgan fingerprint density at radius 2 is 2.00 bits per heavy atom. The number of amides is 1. The van der Waals surface area contributed by atoms with E-state index in [2.05, 4.69) is 15.9 Å². The molecule has 1 aliphatic rings. The van der Waals surface area contributed by atoms with Crippen LogP contribution >= 0.6 is 27.5 Å². The fraction of sp³-hybridized carbons (Fsp3) is 0.417. The number of hydrogen-bond donors (Lipinski definition) is 2. The molecular weight excluding hydrogens is 340 g/mol. The summed E-state index contributed by atoms with van der Waals surface area (Å²) in [5.74, 6) is -0.656. The maximum atomic E-state index is 14.0. The van der Waals surface area contributed by atoms with E-state index < -0.39 is 17.5 Å². The number of benzene rings is 1. The van der Waals surface area contributed by atoms with Gasteiger partial charge in [-0.25, -0.2) is 9.18 Å². The van der Waals surface area contributed by atoms with Crippen molar-refractivity contribution in [3.63, 3.8) is 0 Å². The van der Waals surface area contributed by atoms with Crippen LogP contribution in [0.4, 0.5) is 9.18 Å². The Kier molecular flexibility index (Phi) is 4.03. The Bertz CT molecular complexity index is 518. The molecule has 1 aromatic carbocycles. The number of carbonyl (C=O) groups is 1. The van der Waals surface area contributed by atoms with Crippen LogP contribution in [-0.4, -0.2) is 34.3 Å². The maximum Gasteiger partial charge on any atom is 0.407 e. The highest BCUT2D eigenvalue weighted by Crippen LogP contribution is 2.38. The van der Waals surface area contributed by atoms with E-state index in [1.165, 1.54) is 17.0 Å². The molecule has 2 N–H and O–H groups in total. The van der Waals surface area contributed by atoms with E-state index in [1.807, 2.05) is 0 Å². The van der Waals surface area contributed by atoms with E-state index in [4.69, 9.17) is 16.7 Å². The molecule has 0 saturated carbocycles. The smallest absolute Gasteiger partial charge is 0.407 e. The predicted molar refractivity (Wildman–Crippen MR) is 71.8 cm³/mol. The van der Waals surface area contributed by atoms with Crippen LogP contribution in [0, 0.1) is 5.82 Å². The lowest BCUT2D eigenvalue weighted by molar-refractivity contribution is -0.0239. The number of carboxylic acid groups (broad SMARTS) is 1. The van der Waals surface area contributed by atoms with E-state index in [0.29, 0.717) is 4.47 Å². The molecule has 1 aromatic rings. The van der Waals surface area contributed by atoms with Crippen molar-refractivity contribution in [3.8, 4) is 0 Å². The van der Waals surface area contributed by atoms with Crippen molar-refractivity contribution in [3.05, 3.63) is 33.0 Å². The van der Waals surface area contributed by atoms with E-state index in [0.717, 1.165) is 0 Å².